The van der Waals surface area contributed by atoms with Crippen LogP contribution in [0.4, 0.5) is 9.52 Å². The molecule has 1 aliphatic heterocycles. The Hall–Kier alpha value is -1.69. The molecule has 23 heavy (non-hydrogen) atoms. The van der Waals surface area contributed by atoms with E-state index in [0.717, 1.165) is 28.2 Å². The molecule has 4 rings (SSSR count). The fraction of sp³-hybridized carbons (Fsp3) is 0.529. The number of aryl methyl sites for hydroxylation is 2. The third-order valence-corrected chi connectivity index (χ3v) is 5.96. The number of amides is 1. The number of anilines is 1. The molecule has 0 spiro atoms. The maximum Gasteiger partial charge on any atom is 0.259 e. The van der Waals surface area contributed by atoms with Crippen LogP contribution >= 0.6 is 11.3 Å². The molecule has 6 heteroatoms. The first-order chi connectivity index (χ1) is 11.0. The molecule has 1 amide bonds. The van der Waals surface area contributed by atoms with E-state index in [1.165, 1.54) is 11.1 Å². The minimum Gasteiger partial charge on any atom is -0.351 e. The van der Waals surface area contributed by atoms with E-state index in [2.05, 4.69) is 31.3 Å². The van der Waals surface area contributed by atoms with E-state index < -0.39 is 11.6 Å². The largest absolute Gasteiger partial charge is 0.351 e. The SMILES string of the molecule is Cc1ccc2sc(N3CCC(F)(C(=O)NC4CC4)C3)nc2c1C. The zero-order valence-electron chi connectivity index (χ0n) is 13.4. The number of carbonyl (C=O) groups is 1. The summed E-state index contributed by atoms with van der Waals surface area (Å²) in [5, 5.41) is 3.61. The molecular formula is C17H20FN3OS. The number of halogens is 1. The number of fused-ring (bicyclic) bond motifs is 1. The number of nitrogens with zero attached hydrogens (tertiary/aromatic N) is 2. The first-order valence-corrected chi connectivity index (χ1v) is 8.89. The molecule has 122 valence electrons. The molecule has 2 heterocycles. The Morgan fingerprint density at radius 1 is 1.43 bits per heavy atom. The molecule has 2 aromatic rings. The Morgan fingerprint density at radius 3 is 2.96 bits per heavy atom. The molecular weight excluding hydrogens is 313 g/mol. The topological polar surface area (TPSA) is 45.2 Å². The standard InChI is InChI=1S/C17H20FN3OS/c1-10-3-6-13-14(11(10)2)20-16(23-13)21-8-7-17(18,9-21)15(22)19-12-4-5-12/h3,6,12H,4-5,7-9H2,1-2H3,(H,19,22). The van der Waals surface area contributed by atoms with Crippen LogP contribution in [0.1, 0.15) is 30.4 Å². The number of hydrogen-bond acceptors (Lipinski definition) is 4. The molecule has 1 saturated heterocycles. The van der Waals surface area contributed by atoms with Gasteiger partial charge in [-0.25, -0.2) is 9.37 Å². The maximum atomic E-state index is 15.0. The van der Waals surface area contributed by atoms with Crippen LogP contribution in [0, 0.1) is 13.8 Å². The lowest BCUT2D eigenvalue weighted by molar-refractivity contribution is -0.131. The van der Waals surface area contributed by atoms with Crippen molar-refractivity contribution in [2.24, 2.45) is 0 Å². The van der Waals surface area contributed by atoms with Gasteiger partial charge in [-0.15, -0.1) is 0 Å². The molecule has 0 bridgehead atoms. The summed E-state index contributed by atoms with van der Waals surface area (Å²) in [7, 11) is 0. The summed E-state index contributed by atoms with van der Waals surface area (Å²) in [6.07, 6.45) is 2.18. The summed E-state index contributed by atoms with van der Waals surface area (Å²) in [4.78, 5) is 18.7. The quantitative estimate of drug-likeness (QED) is 0.939. The summed E-state index contributed by atoms with van der Waals surface area (Å²) in [6.45, 7) is 4.77. The number of carbonyl (C=O) groups excluding carboxylic acids is 1. The van der Waals surface area contributed by atoms with Gasteiger partial charge in [-0.05, 0) is 43.9 Å². The Morgan fingerprint density at radius 2 is 2.22 bits per heavy atom. The predicted octanol–water partition coefficient (Wildman–Crippen LogP) is 3.11. The van der Waals surface area contributed by atoms with Gasteiger partial charge in [0.05, 0.1) is 16.8 Å². The smallest absolute Gasteiger partial charge is 0.259 e. The van der Waals surface area contributed by atoms with Crippen LogP contribution in [0.15, 0.2) is 12.1 Å². The molecule has 2 aliphatic rings. The third kappa shape index (κ3) is 2.59. The van der Waals surface area contributed by atoms with E-state index >= 15 is 0 Å². The zero-order valence-corrected chi connectivity index (χ0v) is 14.2. The molecule has 1 saturated carbocycles. The van der Waals surface area contributed by atoms with E-state index in [4.69, 9.17) is 4.98 Å². The van der Waals surface area contributed by atoms with Crippen LogP contribution < -0.4 is 10.2 Å². The number of aromatic nitrogens is 1. The van der Waals surface area contributed by atoms with Crippen molar-refractivity contribution in [3.63, 3.8) is 0 Å². The number of thiazole rings is 1. The van der Waals surface area contributed by atoms with Crippen molar-refractivity contribution in [3.05, 3.63) is 23.3 Å². The molecule has 1 aromatic carbocycles. The van der Waals surface area contributed by atoms with Gasteiger partial charge < -0.3 is 10.2 Å². The van der Waals surface area contributed by atoms with E-state index in [0.29, 0.717) is 6.54 Å². The van der Waals surface area contributed by atoms with Gasteiger partial charge in [0.2, 0.25) is 5.67 Å². The summed E-state index contributed by atoms with van der Waals surface area (Å²) < 4.78 is 16.1. The van der Waals surface area contributed by atoms with Crippen molar-refractivity contribution < 1.29 is 9.18 Å². The second-order valence-electron chi connectivity index (χ2n) is 6.74. The molecule has 0 radical (unpaired) electrons. The Balaban J connectivity index is 1.57. The van der Waals surface area contributed by atoms with Crippen LogP contribution in [-0.2, 0) is 4.79 Å². The average molecular weight is 333 g/mol. The summed E-state index contributed by atoms with van der Waals surface area (Å²) in [5.74, 6) is -0.448. The number of hydrogen-bond donors (Lipinski definition) is 1. The highest BCUT2D eigenvalue weighted by molar-refractivity contribution is 7.22. The van der Waals surface area contributed by atoms with Gasteiger partial charge in [0.15, 0.2) is 5.13 Å². The monoisotopic (exact) mass is 333 g/mol. The van der Waals surface area contributed by atoms with Gasteiger partial charge >= 0.3 is 0 Å². The number of rotatable bonds is 3. The summed E-state index contributed by atoms with van der Waals surface area (Å²) >= 11 is 1.57. The first-order valence-electron chi connectivity index (χ1n) is 8.08. The third-order valence-electron chi connectivity index (χ3n) is 4.88. The Bertz CT molecular complexity index is 785. The van der Waals surface area contributed by atoms with Crippen molar-refractivity contribution in [3.8, 4) is 0 Å². The van der Waals surface area contributed by atoms with Crippen LogP contribution in [0.2, 0.25) is 0 Å². The van der Waals surface area contributed by atoms with Crippen molar-refractivity contribution in [2.45, 2.75) is 44.8 Å². The number of alkyl halides is 1. The second kappa shape index (κ2) is 5.16. The van der Waals surface area contributed by atoms with Gasteiger partial charge in [0.1, 0.15) is 0 Å². The van der Waals surface area contributed by atoms with E-state index in [1.807, 2.05) is 4.90 Å². The zero-order chi connectivity index (χ0) is 16.2. The molecule has 2 fully saturated rings. The highest BCUT2D eigenvalue weighted by Gasteiger charge is 2.47. The normalized spacial score (nSPS) is 24.4. The molecule has 1 aliphatic carbocycles. The summed E-state index contributed by atoms with van der Waals surface area (Å²) in [5.41, 5.74) is 1.58. The lowest BCUT2D eigenvalue weighted by Gasteiger charge is -2.19. The fourth-order valence-corrected chi connectivity index (χ4v) is 4.06. The minimum absolute atomic E-state index is 0.101. The second-order valence-corrected chi connectivity index (χ2v) is 7.74. The Labute approximate surface area is 138 Å². The van der Waals surface area contributed by atoms with E-state index in [9.17, 15) is 9.18 Å². The molecule has 1 N–H and O–H groups in total. The molecule has 1 unspecified atom stereocenters. The van der Waals surface area contributed by atoms with Gasteiger partial charge in [-0.1, -0.05) is 17.4 Å². The van der Waals surface area contributed by atoms with Crippen molar-refractivity contribution >= 4 is 32.6 Å². The van der Waals surface area contributed by atoms with E-state index in [1.54, 1.807) is 11.3 Å². The van der Waals surface area contributed by atoms with Crippen molar-refractivity contribution in [1.29, 1.82) is 0 Å². The minimum atomic E-state index is -1.79. The number of nitrogens with one attached hydrogen (secondary N) is 1. The van der Waals surface area contributed by atoms with Crippen molar-refractivity contribution in [1.82, 2.24) is 10.3 Å². The van der Waals surface area contributed by atoms with Crippen molar-refractivity contribution in [2.75, 3.05) is 18.0 Å². The van der Waals surface area contributed by atoms with E-state index in [-0.39, 0.29) is 19.0 Å². The van der Waals surface area contributed by atoms with Gasteiger partial charge in [-0.2, -0.15) is 0 Å². The average Bonchev–Trinajstić information content (AvgIpc) is 3.08. The van der Waals surface area contributed by atoms with Gasteiger partial charge in [0.25, 0.3) is 5.91 Å². The van der Waals surface area contributed by atoms with Crippen LogP contribution in [-0.4, -0.2) is 35.7 Å². The molecule has 1 aromatic heterocycles. The maximum absolute atomic E-state index is 15.0. The van der Waals surface area contributed by atoms with Crippen LogP contribution in [0.3, 0.4) is 0 Å². The van der Waals surface area contributed by atoms with Crippen LogP contribution in [0.5, 0.6) is 0 Å². The van der Waals surface area contributed by atoms with Gasteiger partial charge in [-0.3, -0.25) is 4.79 Å². The lowest BCUT2D eigenvalue weighted by atomic mass is 10.1. The van der Waals surface area contributed by atoms with Crippen LogP contribution in [0.25, 0.3) is 10.2 Å². The highest BCUT2D eigenvalue weighted by atomic mass is 32.1. The van der Waals surface area contributed by atoms with Gasteiger partial charge in [0, 0.05) is 19.0 Å². The predicted molar refractivity (Wildman–Crippen MR) is 90.9 cm³/mol. The first kappa shape index (κ1) is 14.9. The number of benzene rings is 1. The molecule has 4 nitrogen and oxygen atoms in total. The summed E-state index contributed by atoms with van der Waals surface area (Å²) in [6, 6.07) is 4.35. The molecule has 1 atom stereocenters. The lowest BCUT2D eigenvalue weighted by Crippen LogP contribution is -2.46. The Kier molecular flexibility index (Phi) is 3.34. The fourth-order valence-electron chi connectivity index (χ4n) is 3.01. The highest BCUT2D eigenvalue weighted by Crippen LogP contribution is 2.36.